The third kappa shape index (κ3) is 3.36. The highest BCUT2D eigenvalue weighted by Gasteiger charge is 2.07. The summed E-state index contributed by atoms with van der Waals surface area (Å²) in [6.45, 7) is 7.08. The van der Waals surface area contributed by atoms with Crippen molar-refractivity contribution in [2.75, 3.05) is 0 Å². The molecule has 1 aromatic heterocycles. The Morgan fingerprint density at radius 3 is 2.79 bits per heavy atom. The van der Waals surface area contributed by atoms with Crippen molar-refractivity contribution in [3.8, 4) is 0 Å². The summed E-state index contributed by atoms with van der Waals surface area (Å²) in [5.41, 5.74) is 5.75. The van der Waals surface area contributed by atoms with Gasteiger partial charge in [-0.05, 0) is 20.3 Å². The van der Waals surface area contributed by atoms with Gasteiger partial charge in [0.2, 0.25) is 0 Å². The average molecular weight is 213 g/mol. The number of nitrogens with two attached hydrogens (primary N) is 1. The molecule has 1 heterocycles. The zero-order valence-electron chi connectivity index (χ0n) is 9.08. The van der Waals surface area contributed by atoms with Gasteiger partial charge < -0.3 is 11.1 Å². The minimum Gasteiger partial charge on any atom is -0.327 e. The van der Waals surface area contributed by atoms with Gasteiger partial charge >= 0.3 is 0 Å². The molecule has 0 radical (unpaired) electrons. The number of thiazole rings is 1. The molecule has 3 nitrogen and oxygen atoms in total. The van der Waals surface area contributed by atoms with Crippen LogP contribution in [-0.4, -0.2) is 17.1 Å². The SMILES string of the molecule is CCc1cnc(CNC(C)C(C)N)s1. The topological polar surface area (TPSA) is 50.9 Å². The summed E-state index contributed by atoms with van der Waals surface area (Å²) in [5.74, 6) is 0. The van der Waals surface area contributed by atoms with Gasteiger partial charge in [-0.1, -0.05) is 6.92 Å². The van der Waals surface area contributed by atoms with E-state index in [2.05, 4.69) is 24.1 Å². The van der Waals surface area contributed by atoms with Crippen molar-refractivity contribution >= 4 is 11.3 Å². The van der Waals surface area contributed by atoms with E-state index in [1.807, 2.05) is 13.1 Å². The van der Waals surface area contributed by atoms with E-state index >= 15 is 0 Å². The molecule has 14 heavy (non-hydrogen) atoms. The Balaban J connectivity index is 2.37. The van der Waals surface area contributed by atoms with Gasteiger partial charge in [0.1, 0.15) is 5.01 Å². The maximum atomic E-state index is 5.75. The fourth-order valence-corrected chi connectivity index (χ4v) is 1.84. The van der Waals surface area contributed by atoms with E-state index < -0.39 is 0 Å². The molecule has 0 bridgehead atoms. The first-order valence-corrected chi connectivity index (χ1v) is 5.87. The number of aryl methyl sites for hydroxylation is 1. The van der Waals surface area contributed by atoms with Crippen LogP contribution in [0.4, 0.5) is 0 Å². The Hall–Kier alpha value is -0.450. The summed E-state index contributed by atoms with van der Waals surface area (Å²) in [5, 5.41) is 4.51. The molecule has 0 saturated carbocycles. The summed E-state index contributed by atoms with van der Waals surface area (Å²) >= 11 is 1.77. The van der Waals surface area contributed by atoms with Gasteiger partial charge in [-0.25, -0.2) is 4.98 Å². The maximum Gasteiger partial charge on any atom is 0.107 e. The van der Waals surface area contributed by atoms with Crippen LogP contribution in [0.5, 0.6) is 0 Å². The van der Waals surface area contributed by atoms with E-state index in [1.165, 1.54) is 4.88 Å². The third-order valence-corrected chi connectivity index (χ3v) is 3.46. The highest BCUT2D eigenvalue weighted by molar-refractivity contribution is 7.11. The molecule has 2 unspecified atom stereocenters. The Labute approximate surface area is 89.7 Å². The molecule has 0 aliphatic carbocycles. The van der Waals surface area contributed by atoms with Crippen molar-refractivity contribution in [3.05, 3.63) is 16.1 Å². The number of aromatic nitrogens is 1. The molecular weight excluding hydrogens is 194 g/mol. The van der Waals surface area contributed by atoms with Gasteiger partial charge in [-0.2, -0.15) is 0 Å². The van der Waals surface area contributed by atoms with E-state index in [9.17, 15) is 0 Å². The summed E-state index contributed by atoms with van der Waals surface area (Å²) in [7, 11) is 0. The molecular formula is C10H19N3S. The molecule has 1 aromatic rings. The van der Waals surface area contributed by atoms with Crippen molar-refractivity contribution in [1.82, 2.24) is 10.3 Å². The number of hydrogen-bond donors (Lipinski definition) is 2. The van der Waals surface area contributed by atoms with Gasteiger partial charge in [0.25, 0.3) is 0 Å². The summed E-state index contributed by atoms with van der Waals surface area (Å²) in [6.07, 6.45) is 3.03. The number of hydrogen-bond acceptors (Lipinski definition) is 4. The highest BCUT2D eigenvalue weighted by atomic mass is 32.1. The molecule has 0 fully saturated rings. The molecule has 3 N–H and O–H groups in total. The first kappa shape index (κ1) is 11.6. The molecule has 0 aromatic carbocycles. The molecule has 4 heteroatoms. The van der Waals surface area contributed by atoms with Crippen LogP contribution in [0.25, 0.3) is 0 Å². The van der Waals surface area contributed by atoms with Crippen LogP contribution in [0, 0.1) is 0 Å². The largest absolute Gasteiger partial charge is 0.327 e. The lowest BCUT2D eigenvalue weighted by atomic mass is 10.2. The van der Waals surface area contributed by atoms with Crippen LogP contribution in [0.15, 0.2) is 6.20 Å². The second-order valence-electron chi connectivity index (χ2n) is 3.60. The van der Waals surface area contributed by atoms with Crippen LogP contribution < -0.4 is 11.1 Å². The van der Waals surface area contributed by atoms with Crippen LogP contribution in [0.1, 0.15) is 30.7 Å². The monoisotopic (exact) mass is 213 g/mol. The van der Waals surface area contributed by atoms with E-state index in [0.717, 1.165) is 18.0 Å². The van der Waals surface area contributed by atoms with Gasteiger partial charge in [-0.3, -0.25) is 0 Å². The van der Waals surface area contributed by atoms with Gasteiger partial charge in [0.15, 0.2) is 0 Å². The lowest BCUT2D eigenvalue weighted by Gasteiger charge is -2.16. The molecule has 0 spiro atoms. The van der Waals surface area contributed by atoms with Gasteiger partial charge in [0.05, 0.1) is 0 Å². The predicted octanol–water partition coefficient (Wildman–Crippen LogP) is 1.53. The fourth-order valence-electron chi connectivity index (χ4n) is 1.03. The van der Waals surface area contributed by atoms with Crippen molar-refractivity contribution in [3.63, 3.8) is 0 Å². The molecule has 1 rings (SSSR count). The minimum atomic E-state index is 0.181. The molecule has 80 valence electrons. The Morgan fingerprint density at radius 2 is 2.29 bits per heavy atom. The molecule has 2 atom stereocenters. The van der Waals surface area contributed by atoms with E-state index in [1.54, 1.807) is 11.3 Å². The number of rotatable bonds is 5. The molecule has 0 amide bonds. The van der Waals surface area contributed by atoms with Crippen LogP contribution in [-0.2, 0) is 13.0 Å². The van der Waals surface area contributed by atoms with Gasteiger partial charge in [-0.15, -0.1) is 11.3 Å². The number of nitrogens with zero attached hydrogens (tertiary/aromatic N) is 1. The first-order valence-electron chi connectivity index (χ1n) is 5.06. The minimum absolute atomic E-state index is 0.181. The zero-order valence-corrected chi connectivity index (χ0v) is 9.90. The summed E-state index contributed by atoms with van der Waals surface area (Å²) in [6, 6.07) is 0.518. The molecule has 0 aliphatic rings. The second kappa shape index (κ2) is 5.44. The van der Waals surface area contributed by atoms with Crippen molar-refractivity contribution < 1.29 is 0 Å². The van der Waals surface area contributed by atoms with E-state index in [4.69, 9.17) is 5.73 Å². The lowest BCUT2D eigenvalue weighted by Crippen LogP contribution is -2.40. The molecule has 0 saturated heterocycles. The third-order valence-electron chi connectivity index (χ3n) is 2.31. The van der Waals surface area contributed by atoms with Crippen LogP contribution in [0.3, 0.4) is 0 Å². The quantitative estimate of drug-likeness (QED) is 0.780. The molecule has 0 aliphatic heterocycles. The van der Waals surface area contributed by atoms with Crippen molar-refractivity contribution in [2.24, 2.45) is 5.73 Å². The fraction of sp³-hybridized carbons (Fsp3) is 0.700. The van der Waals surface area contributed by atoms with Crippen LogP contribution in [0.2, 0.25) is 0 Å². The smallest absolute Gasteiger partial charge is 0.107 e. The van der Waals surface area contributed by atoms with E-state index in [-0.39, 0.29) is 6.04 Å². The summed E-state index contributed by atoms with van der Waals surface area (Å²) in [4.78, 5) is 5.68. The first-order chi connectivity index (χ1) is 6.63. The average Bonchev–Trinajstić information content (AvgIpc) is 2.61. The standard InChI is InChI=1S/C10H19N3S/c1-4-9-5-13-10(14-9)6-12-8(3)7(2)11/h5,7-8,12H,4,6,11H2,1-3H3. The summed E-state index contributed by atoms with van der Waals surface area (Å²) < 4.78 is 0. The zero-order chi connectivity index (χ0) is 10.6. The maximum absolute atomic E-state index is 5.75. The van der Waals surface area contributed by atoms with E-state index in [0.29, 0.717) is 6.04 Å². The van der Waals surface area contributed by atoms with Crippen molar-refractivity contribution in [1.29, 1.82) is 0 Å². The van der Waals surface area contributed by atoms with Gasteiger partial charge in [0, 0.05) is 29.7 Å². The number of nitrogens with one attached hydrogen (secondary N) is 1. The van der Waals surface area contributed by atoms with Crippen molar-refractivity contribution in [2.45, 2.75) is 45.8 Å². The Bertz CT molecular complexity index is 270. The second-order valence-corrected chi connectivity index (χ2v) is 4.80. The Morgan fingerprint density at radius 1 is 1.57 bits per heavy atom. The lowest BCUT2D eigenvalue weighted by molar-refractivity contribution is 0.477. The van der Waals surface area contributed by atoms with Crippen LogP contribution >= 0.6 is 11.3 Å². The Kier molecular flexibility index (Phi) is 4.51. The normalized spacial score (nSPS) is 15.4. The highest BCUT2D eigenvalue weighted by Crippen LogP contribution is 2.13. The predicted molar refractivity (Wildman–Crippen MR) is 61.4 cm³/mol.